The lowest BCUT2D eigenvalue weighted by Crippen LogP contribution is -2.15. The summed E-state index contributed by atoms with van der Waals surface area (Å²) in [6, 6.07) is 18.8. The number of hydrogen-bond donors (Lipinski definition) is 1. The molecule has 0 saturated heterocycles. The van der Waals surface area contributed by atoms with Gasteiger partial charge >= 0.3 is 0 Å². The highest BCUT2D eigenvalue weighted by molar-refractivity contribution is 6.32. The molecule has 2 heterocycles. The number of aromatic nitrogens is 2. The first-order valence-corrected chi connectivity index (χ1v) is 10.1. The standard InChI is InChI=1S/C24H20ClN3O3/c1-16-20(15-30-22-5-3-2-4-21(22)25)23(28-31-16)24(29)27-19-8-6-17(7-9-19)14-18-10-12-26-13-11-18/h2-13H,14-15H2,1H3,(H,27,29). The van der Waals surface area contributed by atoms with E-state index in [2.05, 4.69) is 15.5 Å². The number of pyridine rings is 1. The summed E-state index contributed by atoms with van der Waals surface area (Å²) >= 11 is 6.13. The molecule has 2 aromatic heterocycles. The molecule has 6 nitrogen and oxygen atoms in total. The molecule has 0 radical (unpaired) electrons. The average Bonchev–Trinajstić information content (AvgIpc) is 3.16. The molecule has 2 aromatic carbocycles. The van der Waals surface area contributed by atoms with Gasteiger partial charge in [-0.2, -0.15) is 0 Å². The summed E-state index contributed by atoms with van der Waals surface area (Å²) in [4.78, 5) is 16.8. The van der Waals surface area contributed by atoms with E-state index in [1.807, 2.05) is 48.5 Å². The Bertz CT molecular complexity index is 1170. The van der Waals surface area contributed by atoms with Crippen LogP contribution in [-0.2, 0) is 13.0 Å². The van der Waals surface area contributed by atoms with Crippen LogP contribution in [0.15, 0.2) is 77.6 Å². The predicted molar refractivity (Wildman–Crippen MR) is 118 cm³/mol. The van der Waals surface area contributed by atoms with Crippen molar-refractivity contribution < 1.29 is 14.1 Å². The second kappa shape index (κ2) is 9.45. The molecule has 31 heavy (non-hydrogen) atoms. The highest BCUT2D eigenvalue weighted by atomic mass is 35.5. The van der Waals surface area contributed by atoms with Crippen LogP contribution in [0.5, 0.6) is 5.75 Å². The van der Waals surface area contributed by atoms with E-state index in [0.29, 0.717) is 27.8 Å². The largest absolute Gasteiger partial charge is 0.487 e. The molecule has 0 aliphatic carbocycles. The number of nitrogens with zero attached hydrogens (tertiary/aromatic N) is 2. The van der Waals surface area contributed by atoms with Gasteiger partial charge in [-0.25, -0.2) is 0 Å². The third-order valence-electron chi connectivity index (χ3n) is 4.78. The van der Waals surface area contributed by atoms with Crippen molar-refractivity contribution in [3.8, 4) is 5.75 Å². The van der Waals surface area contributed by atoms with Gasteiger partial charge in [0.2, 0.25) is 0 Å². The minimum atomic E-state index is -0.364. The van der Waals surface area contributed by atoms with E-state index >= 15 is 0 Å². The van der Waals surface area contributed by atoms with E-state index < -0.39 is 0 Å². The van der Waals surface area contributed by atoms with E-state index in [-0.39, 0.29) is 18.2 Å². The number of halogens is 1. The first kappa shape index (κ1) is 20.6. The molecule has 4 rings (SSSR count). The third kappa shape index (κ3) is 5.10. The van der Waals surface area contributed by atoms with Crippen LogP contribution in [0.4, 0.5) is 5.69 Å². The number of anilines is 1. The van der Waals surface area contributed by atoms with E-state index in [1.165, 1.54) is 5.56 Å². The predicted octanol–water partition coefficient (Wildman–Crippen LogP) is 5.45. The maximum atomic E-state index is 12.8. The Hall–Kier alpha value is -3.64. The Balaban J connectivity index is 1.42. The van der Waals surface area contributed by atoms with Crippen molar-refractivity contribution in [3.05, 3.63) is 106 Å². The zero-order valence-electron chi connectivity index (χ0n) is 16.8. The van der Waals surface area contributed by atoms with Crippen molar-refractivity contribution in [3.63, 3.8) is 0 Å². The molecule has 0 bridgehead atoms. The number of carbonyl (C=O) groups is 1. The zero-order valence-corrected chi connectivity index (χ0v) is 17.6. The summed E-state index contributed by atoms with van der Waals surface area (Å²) in [5, 5.41) is 7.27. The summed E-state index contributed by atoms with van der Waals surface area (Å²) in [6.45, 7) is 1.86. The lowest BCUT2D eigenvalue weighted by atomic mass is 10.1. The van der Waals surface area contributed by atoms with Crippen LogP contribution >= 0.6 is 11.6 Å². The van der Waals surface area contributed by atoms with Gasteiger partial charge < -0.3 is 14.6 Å². The highest BCUT2D eigenvalue weighted by Crippen LogP contribution is 2.25. The Morgan fingerprint density at radius 3 is 2.48 bits per heavy atom. The van der Waals surface area contributed by atoms with Crippen LogP contribution in [0.1, 0.15) is 32.9 Å². The van der Waals surface area contributed by atoms with E-state index in [4.69, 9.17) is 20.9 Å². The van der Waals surface area contributed by atoms with Gasteiger partial charge in [-0.3, -0.25) is 9.78 Å². The van der Waals surface area contributed by atoms with Gasteiger partial charge in [-0.1, -0.05) is 41.0 Å². The fraction of sp³-hybridized carbons (Fsp3) is 0.125. The first-order chi connectivity index (χ1) is 15.1. The highest BCUT2D eigenvalue weighted by Gasteiger charge is 2.21. The van der Waals surface area contributed by atoms with E-state index in [0.717, 1.165) is 12.0 Å². The smallest absolute Gasteiger partial charge is 0.278 e. The fourth-order valence-corrected chi connectivity index (χ4v) is 3.27. The number of amides is 1. The van der Waals surface area contributed by atoms with Crippen LogP contribution in [-0.4, -0.2) is 16.0 Å². The summed E-state index contributed by atoms with van der Waals surface area (Å²) < 4.78 is 11.0. The minimum Gasteiger partial charge on any atom is -0.487 e. The molecule has 0 fully saturated rings. The van der Waals surface area contributed by atoms with Crippen LogP contribution in [0.2, 0.25) is 5.02 Å². The average molecular weight is 434 g/mol. The number of aryl methyl sites for hydroxylation is 1. The number of hydrogen-bond acceptors (Lipinski definition) is 5. The Labute approximate surface area is 184 Å². The van der Waals surface area contributed by atoms with E-state index in [1.54, 1.807) is 31.5 Å². The first-order valence-electron chi connectivity index (χ1n) is 9.72. The van der Waals surface area contributed by atoms with Gasteiger partial charge in [-0.15, -0.1) is 0 Å². The lowest BCUT2D eigenvalue weighted by Gasteiger charge is -2.09. The van der Waals surface area contributed by atoms with Gasteiger partial charge in [0.15, 0.2) is 5.69 Å². The number of carbonyl (C=O) groups excluding carboxylic acids is 1. The zero-order chi connectivity index (χ0) is 21.6. The molecule has 0 aliphatic rings. The number of ether oxygens (including phenoxy) is 1. The minimum absolute atomic E-state index is 0.118. The SMILES string of the molecule is Cc1onc(C(=O)Nc2ccc(Cc3ccncc3)cc2)c1COc1ccccc1Cl. The number of rotatable bonds is 7. The Kier molecular flexibility index (Phi) is 6.29. The molecule has 0 atom stereocenters. The maximum Gasteiger partial charge on any atom is 0.278 e. The molecule has 0 spiro atoms. The third-order valence-corrected chi connectivity index (χ3v) is 5.09. The maximum absolute atomic E-state index is 12.8. The molecule has 7 heteroatoms. The van der Waals surface area contributed by atoms with Gasteiger partial charge in [0.25, 0.3) is 5.91 Å². The molecule has 0 unspecified atom stereocenters. The fourth-order valence-electron chi connectivity index (χ4n) is 3.08. The molecule has 0 aliphatic heterocycles. The van der Waals surface area contributed by atoms with Gasteiger partial charge in [0.1, 0.15) is 18.1 Å². The van der Waals surface area contributed by atoms with Gasteiger partial charge in [0, 0.05) is 18.1 Å². The lowest BCUT2D eigenvalue weighted by molar-refractivity contribution is 0.101. The van der Waals surface area contributed by atoms with Gasteiger partial charge in [-0.05, 0) is 60.9 Å². The molecule has 1 N–H and O–H groups in total. The van der Waals surface area contributed by atoms with E-state index in [9.17, 15) is 4.79 Å². The van der Waals surface area contributed by atoms with Crippen LogP contribution in [0, 0.1) is 6.92 Å². The van der Waals surface area contributed by atoms with Crippen molar-refractivity contribution in [2.24, 2.45) is 0 Å². The second-order valence-corrected chi connectivity index (χ2v) is 7.38. The van der Waals surface area contributed by atoms with Crippen molar-refractivity contribution in [2.75, 3.05) is 5.32 Å². The second-order valence-electron chi connectivity index (χ2n) is 6.97. The van der Waals surface area contributed by atoms with Crippen molar-refractivity contribution in [2.45, 2.75) is 20.0 Å². The summed E-state index contributed by atoms with van der Waals surface area (Å²) in [6.07, 6.45) is 4.34. The number of benzene rings is 2. The van der Waals surface area contributed by atoms with Crippen molar-refractivity contribution >= 4 is 23.2 Å². The Morgan fingerprint density at radius 2 is 1.74 bits per heavy atom. The van der Waals surface area contributed by atoms with Crippen molar-refractivity contribution in [1.82, 2.24) is 10.1 Å². The molecular weight excluding hydrogens is 414 g/mol. The normalized spacial score (nSPS) is 10.6. The van der Waals surface area contributed by atoms with Crippen LogP contribution in [0.3, 0.4) is 0 Å². The summed E-state index contributed by atoms with van der Waals surface area (Å²) in [7, 11) is 0. The van der Waals surface area contributed by atoms with Crippen LogP contribution < -0.4 is 10.1 Å². The summed E-state index contributed by atoms with van der Waals surface area (Å²) in [5.41, 5.74) is 3.74. The number of nitrogens with one attached hydrogen (secondary N) is 1. The number of para-hydroxylation sites is 1. The topological polar surface area (TPSA) is 77.3 Å². The van der Waals surface area contributed by atoms with Crippen LogP contribution in [0.25, 0.3) is 0 Å². The molecule has 4 aromatic rings. The molecular formula is C24H20ClN3O3. The van der Waals surface area contributed by atoms with Crippen molar-refractivity contribution in [1.29, 1.82) is 0 Å². The molecule has 156 valence electrons. The molecule has 1 amide bonds. The summed E-state index contributed by atoms with van der Waals surface area (Å²) in [5.74, 6) is 0.683. The van der Waals surface area contributed by atoms with Gasteiger partial charge in [0.05, 0.1) is 10.6 Å². The molecule has 0 saturated carbocycles. The monoisotopic (exact) mass is 433 g/mol. The quantitative estimate of drug-likeness (QED) is 0.419. The Morgan fingerprint density at radius 1 is 1.03 bits per heavy atom.